The van der Waals surface area contributed by atoms with Gasteiger partial charge in [0.15, 0.2) is 5.69 Å². The van der Waals surface area contributed by atoms with E-state index in [0.29, 0.717) is 62.9 Å². The average molecular weight is 546 g/mol. The van der Waals surface area contributed by atoms with Gasteiger partial charge in [0.25, 0.3) is 5.91 Å². The molecule has 1 N–H and O–H groups in total. The molecule has 2 aliphatic rings. The molecule has 2 atom stereocenters. The summed E-state index contributed by atoms with van der Waals surface area (Å²) >= 11 is 1.01. The van der Waals surface area contributed by atoms with E-state index in [4.69, 9.17) is 4.74 Å². The van der Waals surface area contributed by atoms with Crippen LogP contribution in [0.3, 0.4) is 0 Å². The first kappa shape index (κ1) is 26.6. The van der Waals surface area contributed by atoms with Crippen molar-refractivity contribution in [1.29, 1.82) is 0 Å². The van der Waals surface area contributed by atoms with Crippen LogP contribution < -0.4 is 10.1 Å². The monoisotopic (exact) mass is 545 g/mol. The van der Waals surface area contributed by atoms with Gasteiger partial charge in [0.1, 0.15) is 12.4 Å². The van der Waals surface area contributed by atoms with E-state index in [9.17, 15) is 14.4 Å². The highest BCUT2D eigenvalue weighted by atomic mass is 32.1. The van der Waals surface area contributed by atoms with Crippen LogP contribution in [-0.4, -0.2) is 75.6 Å². The molecule has 1 aromatic heterocycles. The van der Waals surface area contributed by atoms with Crippen molar-refractivity contribution < 1.29 is 19.1 Å². The highest BCUT2D eigenvalue weighted by Crippen LogP contribution is 2.35. The Morgan fingerprint density at radius 3 is 2.64 bits per heavy atom. The normalized spacial score (nSPS) is 20.2. The minimum absolute atomic E-state index is 0.103. The topological polar surface area (TPSA) is 105 Å². The third-order valence-electron chi connectivity index (χ3n) is 7.15. The van der Waals surface area contributed by atoms with Gasteiger partial charge in [-0.25, -0.2) is 0 Å². The molecule has 39 heavy (non-hydrogen) atoms. The van der Waals surface area contributed by atoms with Gasteiger partial charge in [-0.15, -0.1) is 0 Å². The van der Waals surface area contributed by atoms with Crippen LogP contribution in [0, 0.1) is 12.8 Å². The zero-order chi connectivity index (χ0) is 27.2. The van der Waals surface area contributed by atoms with Crippen LogP contribution in [0.25, 0.3) is 6.08 Å². The van der Waals surface area contributed by atoms with Gasteiger partial charge >= 0.3 is 0 Å². The number of hydrogen-bond donors (Lipinski definition) is 1. The first-order valence-corrected chi connectivity index (χ1v) is 13.8. The summed E-state index contributed by atoms with van der Waals surface area (Å²) in [4.78, 5) is 43.0. The van der Waals surface area contributed by atoms with Gasteiger partial charge in [-0.1, -0.05) is 42.5 Å². The molecule has 10 heteroatoms. The summed E-state index contributed by atoms with van der Waals surface area (Å²) in [6, 6.07) is 17.3. The van der Waals surface area contributed by atoms with Crippen molar-refractivity contribution in [3.05, 3.63) is 83.2 Å². The van der Waals surface area contributed by atoms with Crippen molar-refractivity contribution >= 4 is 35.5 Å². The Labute approximate surface area is 231 Å². The number of amides is 3. The summed E-state index contributed by atoms with van der Waals surface area (Å²) in [5.74, 6) is -0.330. The molecule has 2 aromatic carbocycles. The molecule has 9 nitrogen and oxygen atoms in total. The highest BCUT2D eigenvalue weighted by Gasteiger charge is 2.41. The Morgan fingerprint density at radius 2 is 1.85 bits per heavy atom. The predicted molar refractivity (Wildman–Crippen MR) is 148 cm³/mol. The fraction of sp³-hybridized carbons (Fsp3) is 0.345. The molecule has 1 saturated heterocycles. The minimum Gasteiger partial charge on any atom is -0.492 e. The summed E-state index contributed by atoms with van der Waals surface area (Å²) in [6.45, 7) is 4.15. The fourth-order valence-electron chi connectivity index (χ4n) is 5.04. The maximum atomic E-state index is 13.4. The summed E-state index contributed by atoms with van der Waals surface area (Å²) in [5.41, 5.74) is 2.83. The number of nitrogens with one attached hydrogen (secondary N) is 1. The van der Waals surface area contributed by atoms with Gasteiger partial charge in [0, 0.05) is 38.2 Å². The van der Waals surface area contributed by atoms with Gasteiger partial charge in [0.05, 0.1) is 29.9 Å². The number of hydrogen-bond acceptors (Lipinski definition) is 7. The first-order valence-electron chi connectivity index (χ1n) is 13.1. The molecular weight excluding hydrogens is 514 g/mol. The summed E-state index contributed by atoms with van der Waals surface area (Å²) in [6.07, 6.45) is 3.98. The van der Waals surface area contributed by atoms with Gasteiger partial charge in [0.2, 0.25) is 11.8 Å². The number of rotatable bonds is 3. The average Bonchev–Trinajstić information content (AvgIpc) is 3.60. The number of fused-ring (bicyclic) bond motifs is 4. The van der Waals surface area contributed by atoms with Crippen molar-refractivity contribution in [3.8, 4) is 5.75 Å². The molecule has 2 bridgehead atoms. The zero-order valence-corrected chi connectivity index (χ0v) is 22.6. The SMILES string of the molecule is Cc1nsnc1C(=O)N1C[C@@H]2C(=O)NCCCN(C(=O)C=Cc3ccccc3)CCOc3cccc(c3)[C@H]2C1. The van der Waals surface area contributed by atoms with E-state index in [1.165, 1.54) is 0 Å². The second-order valence-corrected chi connectivity index (χ2v) is 10.3. The molecule has 3 heterocycles. The van der Waals surface area contributed by atoms with Crippen LogP contribution in [-0.2, 0) is 9.59 Å². The summed E-state index contributed by atoms with van der Waals surface area (Å²) < 4.78 is 14.3. The lowest BCUT2D eigenvalue weighted by Gasteiger charge is -2.24. The first-order chi connectivity index (χ1) is 19.0. The van der Waals surface area contributed by atoms with Crippen molar-refractivity contribution in [3.63, 3.8) is 0 Å². The maximum absolute atomic E-state index is 13.4. The number of aryl methyl sites for hydroxylation is 1. The molecule has 1 fully saturated rings. The minimum atomic E-state index is -0.411. The summed E-state index contributed by atoms with van der Waals surface area (Å²) in [5, 5.41) is 3.05. The third kappa shape index (κ3) is 6.34. The summed E-state index contributed by atoms with van der Waals surface area (Å²) in [7, 11) is 0. The molecule has 0 radical (unpaired) electrons. The molecular formula is C29H31N5O4S. The van der Waals surface area contributed by atoms with Gasteiger partial charge < -0.3 is 19.9 Å². The van der Waals surface area contributed by atoms with Crippen molar-refractivity contribution in [2.45, 2.75) is 19.3 Å². The quantitative estimate of drug-likeness (QED) is 0.507. The molecule has 3 amide bonds. The van der Waals surface area contributed by atoms with Crippen LogP contribution in [0.15, 0.2) is 60.7 Å². The number of nitrogens with zero attached hydrogens (tertiary/aromatic N) is 4. The smallest absolute Gasteiger partial charge is 0.275 e. The molecule has 0 spiro atoms. The lowest BCUT2D eigenvalue weighted by molar-refractivity contribution is -0.126. The standard InChI is InChI=1S/C29H31N5O4S/c1-20-27(32-39-31-20)29(37)34-18-24-22-9-5-10-23(17-22)38-16-15-33(14-6-13-30-28(36)25(24)19-34)26(35)12-11-21-7-3-2-4-8-21/h2-5,7-12,17,24-25H,6,13-16,18-19H2,1H3,(H,30,36)/t24-,25+/m1/s1. The van der Waals surface area contributed by atoms with E-state index in [-0.39, 0.29) is 23.6 Å². The molecule has 0 saturated carbocycles. The van der Waals surface area contributed by atoms with E-state index in [1.54, 1.807) is 28.9 Å². The zero-order valence-electron chi connectivity index (χ0n) is 21.8. The van der Waals surface area contributed by atoms with E-state index >= 15 is 0 Å². The van der Waals surface area contributed by atoms with Crippen molar-refractivity contribution in [2.75, 3.05) is 39.3 Å². The van der Waals surface area contributed by atoms with Crippen LogP contribution in [0.2, 0.25) is 0 Å². The Kier molecular flexibility index (Phi) is 8.31. The number of carbonyl (C=O) groups excluding carboxylic acids is 3. The van der Waals surface area contributed by atoms with E-state index in [2.05, 4.69) is 14.1 Å². The number of likely N-dealkylation sites (tertiary alicyclic amines) is 1. The van der Waals surface area contributed by atoms with Crippen LogP contribution in [0.4, 0.5) is 0 Å². The Bertz CT molecular complexity index is 1360. The highest BCUT2D eigenvalue weighted by molar-refractivity contribution is 6.99. The molecule has 0 unspecified atom stereocenters. The number of benzene rings is 2. The van der Waals surface area contributed by atoms with E-state index in [0.717, 1.165) is 22.9 Å². The van der Waals surface area contributed by atoms with Crippen LogP contribution in [0.1, 0.15) is 39.6 Å². The Hall–Kier alpha value is -4.05. The van der Waals surface area contributed by atoms with E-state index in [1.807, 2.05) is 54.6 Å². The molecule has 5 rings (SSSR count). The predicted octanol–water partition coefficient (Wildman–Crippen LogP) is 3.14. The molecule has 202 valence electrons. The lowest BCUT2D eigenvalue weighted by Crippen LogP contribution is -2.39. The van der Waals surface area contributed by atoms with Gasteiger partial charge in [-0.2, -0.15) is 8.75 Å². The number of ether oxygens (including phenoxy) is 1. The van der Waals surface area contributed by atoms with E-state index < -0.39 is 5.92 Å². The second-order valence-electron chi connectivity index (χ2n) is 9.76. The fourth-order valence-corrected chi connectivity index (χ4v) is 5.58. The van der Waals surface area contributed by atoms with Gasteiger partial charge in [-0.05, 0) is 42.7 Å². The molecule has 2 aliphatic heterocycles. The lowest BCUT2D eigenvalue weighted by atomic mass is 9.88. The second kappa shape index (κ2) is 12.2. The number of carbonyl (C=O) groups is 3. The van der Waals surface area contributed by atoms with Crippen LogP contribution in [0.5, 0.6) is 5.75 Å². The van der Waals surface area contributed by atoms with Gasteiger partial charge in [-0.3, -0.25) is 14.4 Å². The number of aromatic nitrogens is 2. The largest absolute Gasteiger partial charge is 0.492 e. The van der Waals surface area contributed by atoms with Crippen molar-refractivity contribution in [1.82, 2.24) is 23.9 Å². The van der Waals surface area contributed by atoms with Crippen LogP contribution >= 0.6 is 11.7 Å². The third-order valence-corrected chi connectivity index (χ3v) is 7.77. The maximum Gasteiger partial charge on any atom is 0.275 e. The Balaban J connectivity index is 1.32. The van der Waals surface area contributed by atoms with Crippen molar-refractivity contribution in [2.24, 2.45) is 5.92 Å². The molecule has 3 aromatic rings. The Morgan fingerprint density at radius 1 is 1.03 bits per heavy atom. The molecule has 0 aliphatic carbocycles.